The minimum atomic E-state index is 0.685. The van der Waals surface area contributed by atoms with E-state index in [-0.39, 0.29) is 0 Å². The largest absolute Gasteiger partial charge is 0.244 e. The first kappa shape index (κ1) is 9.30. The van der Waals surface area contributed by atoms with E-state index in [1.807, 2.05) is 30.5 Å². The van der Waals surface area contributed by atoms with E-state index in [1.54, 1.807) is 10.9 Å². The van der Waals surface area contributed by atoms with Crippen molar-refractivity contribution in [3.8, 4) is 5.69 Å². The van der Waals surface area contributed by atoms with Crippen LogP contribution in [0.3, 0.4) is 0 Å². The predicted molar refractivity (Wildman–Crippen MR) is 61.7 cm³/mol. The summed E-state index contributed by atoms with van der Waals surface area (Å²) in [5.41, 5.74) is 1.63. The van der Waals surface area contributed by atoms with Gasteiger partial charge in [-0.25, -0.2) is 14.6 Å². The van der Waals surface area contributed by atoms with Crippen LogP contribution in [-0.2, 0) is 0 Å². The van der Waals surface area contributed by atoms with Crippen LogP contribution in [0.4, 0.5) is 0 Å². The Morgan fingerprint density at radius 1 is 1.12 bits per heavy atom. The van der Waals surface area contributed by atoms with Gasteiger partial charge in [-0.3, -0.25) is 0 Å². The standard InChI is InChI=1S/C11H7ClN4/c12-9-1-3-10(4-2-9)16-6-8-5-13-7-14-11(8)15-16/h1-7H. The molecule has 0 aliphatic heterocycles. The molecule has 0 fully saturated rings. The number of fused-ring (bicyclic) bond motifs is 1. The van der Waals surface area contributed by atoms with Gasteiger partial charge in [0.1, 0.15) is 6.33 Å². The second-order valence-electron chi connectivity index (χ2n) is 3.35. The van der Waals surface area contributed by atoms with Gasteiger partial charge in [0, 0.05) is 17.4 Å². The Kier molecular flexibility index (Phi) is 2.08. The molecular formula is C11H7ClN4. The van der Waals surface area contributed by atoms with Gasteiger partial charge in [0.05, 0.1) is 11.1 Å². The van der Waals surface area contributed by atoms with Gasteiger partial charge in [-0.1, -0.05) is 11.6 Å². The van der Waals surface area contributed by atoms with Crippen molar-refractivity contribution in [1.29, 1.82) is 0 Å². The Hall–Kier alpha value is -1.94. The van der Waals surface area contributed by atoms with Crippen molar-refractivity contribution in [2.24, 2.45) is 0 Å². The third kappa shape index (κ3) is 1.53. The highest BCUT2D eigenvalue weighted by Gasteiger charge is 2.02. The van der Waals surface area contributed by atoms with Crippen LogP contribution in [0.5, 0.6) is 0 Å². The molecule has 2 heterocycles. The lowest BCUT2D eigenvalue weighted by Gasteiger charge is -1.99. The molecular weight excluding hydrogens is 224 g/mol. The number of halogens is 1. The monoisotopic (exact) mass is 230 g/mol. The summed E-state index contributed by atoms with van der Waals surface area (Å²) in [5.74, 6) is 0. The summed E-state index contributed by atoms with van der Waals surface area (Å²) >= 11 is 5.83. The van der Waals surface area contributed by atoms with Gasteiger partial charge in [-0.15, -0.1) is 5.10 Å². The van der Waals surface area contributed by atoms with Crippen LogP contribution in [0.1, 0.15) is 0 Å². The summed E-state index contributed by atoms with van der Waals surface area (Å²) in [5, 5.41) is 5.96. The molecule has 3 rings (SSSR count). The Balaban J connectivity index is 2.15. The summed E-state index contributed by atoms with van der Waals surface area (Å²) in [7, 11) is 0. The minimum absolute atomic E-state index is 0.685. The van der Waals surface area contributed by atoms with Crippen LogP contribution < -0.4 is 0 Å². The fourth-order valence-corrected chi connectivity index (χ4v) is 1.62. The number of aromatic nitrogens is 4. The molecule has 5 heteroatoms. The Morgan fingerprint density at radius 3 is 2.69 bits per heavy atom. The molecule has 0 amide bonds. The zero-order valence-electron chi connectivity index (χ0n) is 8.21. The van der Waals surface area contributed by atoms with Crippen molar-refractivity contribution < 1.29 is 0 Å². The van der Waals surface area contributed by atoms with Crippen molar-refractivity contribution in [1.82, 2.24) is 19.7 Å². The maximum absolute atomic E-state index is 5.83. The van der Waals surface area contributed by atoms with Crippen LogP contribution in [0.25, 0.3) is 16.7 Å². The highest BCUT2D eigenvalue weighted by molar-refractivity contribution is 6.30. The van der Waals surface area contributed by atoms with E-state index in [0.29, 0.717) is 10.7 Å². The molecule has 0 N–H and O–H groups in total. The lowest BCUT2D eigenvalue weighted by molar-refractivity contribution is 0.889. The van der Waals surface area contributed by atoms with Crippen molar-refractivity contribution in [2.75, 3.05) is 0 Å². The molecule has 0 saturated carbocycles. The molecule has 0 aliphatic rings. The van der Waals surface area contributed by atoms with Crippen LogP contribution in [0.15, 0.2) is 43.0 Å². The topological polar surface area (TPSA) is 43.6 Å². The Bertz CT molecular complexity index is 597. The molecule has 16 heavy (non-hydrogen) atoms. The third-order valence-electron chi connectivity index (χ3n) is 2.27. The lowest BCUT2D eigenvalue weighted by atomic mass is 10.3. The number of nitrogens with zero attached hydrogens (tertiary/aromatic N) is 4. The van der Waals surface area contributed by atoms with Gasteiger partial charge in [-0.05, 0) is 24.3 Å². The van der Waals surface area contributed by atoms with Crippen LogP contribution in [-0.4, -0.2) is 19.7 Å². The van der Waals surface area contributed by atoms with Gasteiger partial charge < -0.3 is 0 Å². The molecule has 0 saturated heterocycles. The van der Waals surface area contributed by atoms with E-state index >= 15 is 0 Å². The number of hydrogen-bond donors (Lipinski definition) is 0. The second kappa shape index (κ2) is 3.57. The maximum Gasteiger partial charge on any atom is 0.184 e. The highest BCUT2D eigenvalue weighted by atomic mass is 35.5. The molecule has 3 aromatic rings. The van der Waals surface area contributed by atoms with E-state index in [4.69, 9.17) is 11.6 Å². The first-order valence-electron chi connectivity index (χ1n) is 4.74. The van der Waals surface area contributed by atoms with Crippen LogP contribution >= 0.6 is 11.6 Å². The quantitative estimate of drug-likeness (QED) is 0.645. The van der Waals surface area contributed by atoms with Crippen molar-refractivity contribution >= 4 is 22.6 Å². The highest BCUT2D eigenvalue weighted by Crippen LogP contribution is 2.15. The molecule has 78 valence electrons. The van der Waals surface area contributed by atoms with Crippen molar-refractivity contribution in [3.63, 3.8) is 0 Å². The Morgan fingerprint density at radius 2 is 1.94 bits per heavy atom. The first-order chi connectivity index (χ1) is 7.83. The van der Waals surface area contributed by atoms with Gasteiger partial charge >= 0.3 is 0 Å². The zero-order valence-corrected chi connectivity index (χ0v) is 8.96. The summed E-state index contributed by atoms with van der Waals surface area (Å²) in [6.07, 6.45) is 5.11. The van der Waals surface area contributed by atoms with Crippen LogP contribution in [0.2, 0.25) is 5.02 Å². The van der Waals surface area contributed by atoms with Gasteiger partial charge in [0.15, 0.2) is 5.65 Å². The first-order valence-corrected chi connectivity index (χ1v) is 5.12. The van der Waals surface area contributed by atoms with Crippen molar-refractivity contribution in [3.05, 3.63) is 48.0 Å². The third-order valence-corrected chi connectivity index (χ3v) is 2.53. The number of rotatable bonds is 1. The molecule has 4 nitrogen and oxygen atoms in total. The summed E-state index contributed by atoms with van der Waals surface area (Å²) in [4.78, 5) is 8.02. The predicted octanol–water partition coefficient (Wildman–Crippen LogP) is 2.47. The minimum Gasteiger partial charge on any atom is -0.244 e. The molecule has 0 spiro atoms. The second-order valence-corrected chi connectivity index (χ2v) is 3.79. The molecule has 0 bridgehead atoms. The van der Waals surface area contributed by atoms with Crippen molar-refractivity contribution in [2.45, 2.75) is 0 Å². The van der Waals surface area contributed by atoms with E-state index in [9.17, 15) is 0 Å². The molecule has 0 radical (unpaired) electrons. The van der Waals surface area contributed by atoms with E-state index in [1.165, 1.54) is 6.33 Å². The van der Waals surface area contributed by atoms with Crippen LogP contribution in [0, 0.1) is 0 Å². The maximum atomic E-state index is 5.83. The average molecular weight is 231 g/mol. The average Bonchev–Trinajstić information content (AvgIpc) is 2.73. The fraction of sp³-hybridized carbons (Fsp3) is 0. The zero-order chi connectivity index (χ0) is 11.0. The van der Waals surface area contributed by atoms with Gasteiger partial charge in [0.25, 0.3) is 0 Å². The SMILES string of the molecule is Clc1ccc(-n2cc3cncnc3n2)cc1. The summed E-state index contributed by atoms with van der Waals surface area (Å²) in [6, 6.07) is 7.47. The lowest BCUT2D eigenvalue weighted by Crippen LogP contribution is -1.93. The molecule has 0 aliphatic carbocycles. The van der Waals surface area contributed by atoms with E-state index in [0.717, 1.165) is 11.1 Å². The Labute approximate surface area is 96.5 Å². The molecule has 0 atom stereocenters. The van der Waals surface area contributed by atoms with E-state index in [2.05, 4.69) is 15.1 Å². The van der Waals surface area contributed by atoms with Gasteiger partial charge in [-0.2, -0.15) is 0 Å². The fourth-order valence-electron chi connectivity index (χ4n) is 1.50. The molecule has 0 unspecified atom stereocenters. The summed E-state index contributed by atoms with van der Waals surface area (Å²) in [6.45, 7) is 0. The number of hydrogen-bond acceptors (Lipinski definition) is 3. The smallest absolute Gasteiger partial charge is 0.184 e. The summed E-state index contributed by atoms with van der Waals surface area (Å²) < 4.78 is 1.76. The number of benzene rings is 1. The van der Waals surface area contributed by atoms with E-state index < -0.39 is 0 Å². The molecule has 1 aromatic carbocycles. The normalized spacial score (nSPS) is 10.8. The molecule has 2 aromatic heterocycles. The van der Waals surface area contributed by atoms with Gasteiger partial charge in [0.2, 0.25) is 0 Å².